The predicted octanol–water partition coefficient (Wildman–Crippen LogP) is 2.77. The molecule has 0 unspecified atom stereocenters. The van der Waals surface area contributed by atoms with Gasteiger partial charge in [0.2, 0.25) is 0 Å². The summed E-state index contributed by atoms with van der Waals surface area (Å²) in [6, 6.07) is 3.48. The highest BCUT2D eigenvalue weighted by molar-refractivity contribution is 8.00. The van der Waals surface area contributed by atoms with Gasteiger partial charge < -0.3 is 19.5 Å². The molecule has 2 saturated heterocycles. The zero-order chi connectivity index (χ0) is 17.0. The molecule has 1 spiro atoms. The van der Waals surface area contributed by atoms with E-state index < -0.39 is 0 Å². The Balaban J connectivity index is 1.59. The topological polar surface area (TPSA) is 65.8 Å². The van der Waals surface area contributed by atoms with E-state index in [0.717, 1.165) is 44.5 Å². The van der Waals surface area contributed by atoms with Crippen LogP contribution in [0.15, 0.2) is 22.8 Å². The quantitative estimate of drug-likeness (QED) is 0.847. The molecule has 0 atom stereocenters. The second kappa shape index (κ2) is 7.51. The van der Waals surface area contributed by atoms with E-state index >= 15 is 0 Å². The maximum Gasteiger partial charge on any atom is 0.317 e. The molecule has 1 aromatic heterocycles. The van der Waals surface area contributed by atoms with Crippen LogP contribution in [0, 0.1) is 0 Å². The molecule has 7 heteroatoms. The van der Waals surface area contributed by atoms with Gasteiger partial charge in [-0.1, -0.05) is 13.3 Å². The maximum absolute atomic E-state index is 12.7. The van der Waals surface area contributed by atoms with Gasteiger partial charge in [0, 0.05) is 31.9 Å². The van der Waals surface area contributed by atoms with Gasteiger partial charge in [-0.05, 0) is 31.4 Å². The molecule has 1 N–H and O–H groups in total. The highest BCUT2D eigenvalue weighted by atomic mass is 32.2. The van der Waals surface area contributed by atoms with Crippen LogP contribution in [0.5, 0.6) is 0 Å². The summed E-state index contributed by atoms with van der Waals surface area (Å²) in [4.78, 5) is 28.5. The highest BCUT2D eigenvalue weighted by Crippen LogP contribution is 2.44. The molecule has 3 heterocycles. The number of unbranched alkanes of at least 4 members (excludes halogenated alkanes) is 1. The lowest BCUT2D eigenvalue weighted by atomic mass is 10.0. The fourth-order valence-corrected chi connectivity index (χ4v) is 4.84. The van der Waals surface area contributed by atoms with Gasteiger partial charge >= 0.3 is 6.03 Å². The smallest absolute Gasteiger partial charge is 0.317 e. The van der Waals surface area contributed by atoms with Crippen LogP contribution in [0.25, 0.3) is 0 Å². The minimum atomic E-state index is -0.190. The molecule has 0 aliphatic carbocycles. The van der Waals surface area contributed by atoms with Crippen molar-refractivity contribution in [3.05, 3.63) is 24.2 Å². The zero-order valence-electron chi connectivity index (χ0n) is 14.1. The van der Waals surface area contributed by atoms with E-state index in [1.54, 1.807) is 12.1 Å². The lowest BCUT2D eigenvalue weighted by molar-refractivity contribution is 0.0550. The van der Waals surface area contributed by atoms with E-state index in [1.165, 1.54) is 6.26 Å². The van der Waals surface area contributed by atoms with Gasteiger partial charge in [0.15, 0.2) is 5.76 Å². The van der Waals surface area contributed by atoms with Crippen molar-refractivity contribution in [1.82, 2.24) is 15.1 Å². The number of hydrogen-bond donors (Lipinski definition) is 1. The van der Waals surface area contributed by atoms with Crippen LogP contribution in [0.3, 0.4) is 0 Å². The molecule has 1 aromatic rings. The van der Waals surface area contributed by atoms with Crippen LogP contribution in [0.4, 0.5) is 4.79 Å². The van der Waals surface area contributed by atoms with E-state index in [0.29, 0.717) is 18.8 Å². The molecule has 2 fully saturated rings. The molecule has 0 radical (unpaired) electrons. The summed E-state index contributed by atoms with van der Waals surface area (Å²) in [5.41, 5.74) is 0. The van der Waals surface area contributed by atoms with Gasteiger partial charge in [-0.2, -0.15) is 0 Å². The molecule has 6 nitrogen and oxygen atoms in total. The molecule has 0 saturated carbocycles. The fraction of sp³-hybridized carbons (Fsp3) is 0.647. The van der Waals surface area contributed by atoms with Gasteiger partial charge in [-0.25, -0.2) is 4.79 Å². The number of piperidine rings is 1. The number of urea groups is 1. The van der Waals surface area contributed by atoms with Crippen molar-refractivity contribution < 1.29 is 14.0 Å². The monoisotopic (exact) mass is 351 g/mol. The van der Waals surface area contributed by atoms with Crippen LogP contribution >= 0.6 is 11.8 Å². The van der Waals surface area contributed by atoms with Crippen molar-refractivity contribution in [2.24, 2.45) is 0 Å². The van der Waals surface area contributed by atoms with Crippen molar-refractivity contribution in [2.75, 3.05) is 31.9 Å². The first-order chi connectivity index (χ1) is 11.7. The van der Waals surface area contributed by atoms with Crippen molar-refractivity contribution in [2.45, 2.75) is 37.5 Å². The standard InChI is InChI=1S/C17H25N3O3S/c1-2-3-8-18-16(22)19-9-6-17(7-10-19)20(11-13-24-17)15(21)14-5-4-12-23-14/h4-5,12H,2-3,6-11,13H2,1H3,(H,18,22). The predicted molar refractivity (Wildman–Crippen MR) is 94.0 cm³/mol. The minimum absolute atomic E-state index is 0.0187. The number of carbonyl (C=O) groups excluding carboxylic acids is 2. The summed E-state index contributed by atoms with van der Waals surface area (Å²) < 4.78 is 5.28. The second-order valence-corrected chi connectivity index (χ2v) is 7.76. The number of furan rings is 1. The Labute approximate surface area is 146 Å². The fourth-order valence-electron chi connectivity index (χ4n) is 3.39. The second-order valence-electron chi connectivity index (χ2n) is 6.30. The molecule has 132 valence electrons. The molecule has 3 amide bonds. The highest BCUT2D eigenvalue weighted by Gasteiger charge is 2.47. The van der Waals surface area contributed by atoms with Crippen molar-refractivity contribution >= 4 is 23.7 Å². The maximum atomic E-state index is 12.7. The molecular formula is C17H25N3O3S. The molecule has 0 aromatic carbocycles. The Morgan fingerprint density at radius 2 is 2.12 bits per heavy atom. The number of rotatable bonds is 4. The SMILES string of the molecule is CCCCNC(=O)N1CCC2(CC1)SCCN2C(=O)c1ccco1. The normalized spacial score (nSPS) is 19.7. The van der Waals surface area contributed by atoms with Gasteiger partial charge in [0.1, 0.15) is 0 Å². The summed E-state index contributed by atoms with van der Waals surface area (Å²) >= 11 is 1.84. The first kappa shape index (κ1) is 17.2. The average Bonchev–Trinajstić information content (AvgIpc) is 3.25. The van der Waals surface area contributed by atoms with Crippen LogP contribution in [-0.4, -0.2) is 58.5 Å². The van der Waals surface area contributed by atoms with Gasteiger partial charge in [0.25, 0.3) is 5.91 Å². The number of carbonyl (C=O) groups is 2. The number of hydrogen-bond acceptors (Lipinski definition) is 4. The van der Waals surface area contributed by atoms with Gasteiger partial charge in [-0.3, -0.25) is 4.79 Å². The summed E-state index contributed by atoms with van der Waals surface area (Å²) in [6.45, 7) is 4.96. The lowest BCUT2D eigenvalue weighted by Crippen LogP contribution is -2.55. The third kappa shape index (κ3) is 3.41. The third-order valence-corrected chi connectivity index (χ3v) is 6.35. The summed E-state index contributed by atoms with van der Waals surface area (Å²) in [6.07, 6.45) is 5.23. The van der Waals surface area contributed by atoms with E-state index in [9.17, 15) is 9.59 Å². The number of thioether (sulfide) groups is 1. The number of nitrogens with one attached hydrogen (secondary N) is 1. The molecular weight excluding hydrogens is 326 g/mol. The Kier molecular flexibility index (Phi) is 5.38. The molecule has 3 rings (SSSR count). The summed E-state index contributed by atoms with van der Waals surface area (Å²) in [5, 5.41) is 2.97. The molecule has 24 heavy (non-hydrogen) atoms. The van der Waals surface area contributed by atoms with E-state index in [4.69, 9.17) is 4.42 Å². The van der Waals surface area contributed by atoms with Crippen molar-refractivity contribution in [3.8, 4) is 0 Å². The molecule has 2 aliphatic rings. The van der Waals surface area contributed by atoms with Crippen molar-refractivity contribution in [1.29, 1.82) is 0 Å². The van der Waals surface area contributed by atoms with Crippen LogP contribution in [0.1, 0.15) is 43.2 Å². The molecule has 0 bridgehead atoms. The van der Waals surface area contributed by atoms with E-state index in [2.05, 4.69) is 12.2 Å². The number of nitrogens with zero attached hydrogens (tertiary/aromatic N) is 2. The summed E-state index contributed by atoms with van der Waals surface area (Å²) in [5.74, 6) is 1.30. The molecule has 2 aliphatic heterocycles. The number of likely N-dealkylation sites (tertiary alicyclic amines) is 1. The first-order valence-corrected chi connectivity index (χ1v) is 9.67. The Morgan fingerprint density at radius 3 is 2.79 bits per heavy atom. The van der Waals surface area contributed by atoms with Crippen LogP contribution in [-0.2, 0) is 0 Å². The van der Waals surface area contributed by atoms with E-state index in [1.807, 2.05) is 21.6 Å². The third-order valence-electron chi connectivity index (χ3n) is 4.79. The lowest BCUT2D eigenvalue weighted by Gasteiger charge is -2.43. The Morgan fingerprint density at radius 1 is 1.33 bits per heavy atom. The van der Waals surface area contributed by atoms with Crippen molar-refractivity contribution in [3.63, 3.8) is 0 Å². The summed E-state index contributed by atoms with van der Waals surface area (Å²) in [7, 11) is 0. The van der Waals surface area contributed by atoms with Gasteiger partial charge in [0.05, 0.1) is 11.1 Å². The van der Waals surface area contributed by atoms with Crippen LogP contribution < -0.4 is 5.32 Å². The average molecular weight is 351 g/mol. The first-order valence-electron chi connectivity index (χ1n) is 8.68. The van der Waals surface area contributed by atoms with E-state index in [-0.39, 0.29) is 16.8 Å². The van der Waals surface area contributed by atoms with Crippen LogP contribution in [0.2, 0.25) is 0 Å². The Bertz CT molecular complexity index is 568. The largest absolute Gasteiger partial charge is 0.459 e. The zero-order valence-corrected chi connectivity index (χ0v) is 14.9. The number of amides is 3. The minimum Gasteiger partial charge on any atom is -0.459 e. The Hall–Kier alpha value is -1.63. The van der Waals surface area contributed by atoms with Gasteiger partial charge in [-0.15, -0.1) is 11.8 Å².